The zero-order chi connectivity index (χ0) is 44.3. The second kappa shape index (κ2) is 25.2. The van der Waals surface area contributed by atoms with Crippen LogP contribution in [0.2, 0.25) is 5.02 Å². The maximum absolute atomic E-state index is 14.5. The number of methoxy groups -OCH3 is 1. The number of aliphatic imine (C=N–C) groups is 2. The van der Waals surface area contributed by atoms with Gasteiger partial charge in [-0.3, -0.25) is 4.79 Å². The van der Waals surface area contributed by atoms with Gasteiger partial charge in [-0.2, -0.15) is 0 Å². The average molecular weight is 900 g/mol. The first kappa shape index (κ1) is 49.7. The number of halogens is 1. The quantitative estimate of drug-likeness (QED) is 0.0544. The fourth-order valence-electron chi connectivity index (χ4n) is 7.45. The number of sulfonamides is 2. The van der Waals surface area contributed by atoms with Gasteiger partial charge in [0.15, 0.2) is 11.5 Å². The van der Waals surface area contributed by atoms with E-state index in [9.17, 15) is 21.6 Å². The number of carbonyl (C=O) groups excluding carboxylic acids is 1. The van der Waals surface area contributed by atoms with E-state index in [1.54, 1.807) is 42.5 Å². The summed E-state index contributed by atoms with van der Waals surface area (Å²) in [7, 11) is -5.99. The third-order valence-corrected chi connectivity index (χ3v) is 13.7. The molecule has 0 fully saturated rings. The first-order chi connectivity index (χ1) is 29.3. The molecule has 12 nitrogen and oxygen atoms in total. The number of ether oxygens (including phenoxy) is 1. The minimum Gasteiger partial charge on any atom is -0.495 e. The van der Waals surface area contributed by atoms with Crippen LogP contribution in [-0.2, 0) is 24.8 Å². The third-order valence-electron chi connectivity index (χ3n) is 10.9. The topological polar surface area (TPSA) is 150 Å². The van der Waals surface area contributed by atoms with E-state index in [0.29, 0.717) is 41.5 Å². The van der Waals surface area contributed by atoms with E-state index >= 15 is 0 Å². The monoisotopic (exact) mass is 898 g/mol. The number of hydrogen-bond donors (Lipinski definition) is 2. The SMILES string of the molecule is CCCCCCCCCCCCCCCCCCN1C(C(=Nc2ccc(N(CC)CCNS(C)(=O)=O)cc2C)C(=O)Nc2cc(Cl)ccc2OC)=Nc2ccccc2S1(=O)=O. The Morgan fingerprint density at radius 2 is 1.46 bits per heavy atom. The molecule has 0 bridgehead atoms. The number of carbonyl (C=O) groups is 1. The molecule has 0 unspecified atom stereocenters. The molecule has 1 aliphatic rings. The van der Waals surface area contributed by atoms with Crippen LogP contribution < -0.4 is 19.7 Å². The highest BCUT2D eigenvalue weighted by Gasteiger charge is 2.38. The van der Waals surface area contributed by atoms with Gasteiger partial charge in [0.1, 0.15) is 10.6 Å². The van der Waals surface area contributed by atoms with Crippen molar-refractivity contribution in [2.24, 2.45) is 9.98 Å². The molecule has 0 aromatic heterocycles. The minimum atomic E-state index is -4.13. The second-order valence-corrected chi connectivity index (χ2v) is 19.9. The molecule has 0 spiro atoms. The highest BCUT2D eigenvalue weighted by molar-refractivity contribution is 7.90. The number of unbranched alkanes of at least 4 members (excludes halogenated alkanes) is 15. The van der Waals surface area contributed by atoms with Crippen molar-refractivity contribution in [1.82, 2.24) is 9.03 Å². The van der Waals surface area contributed by atoms with Gasteiger partial charge in [0.05, 0.1) is 30.4 Å². The van der Waals surface area contributed by atoms with Crippen LogP contribution in [0.1, 0.15) is 122 Å². The maximum atomic E-state index is 14.5. The van der Waals surface area contributed by atoms with Gasteiger partial charge in [0, 0.05) is 36.9 Å². The molecule has 0 saturated carbocycles. The summed E-state index contributed by atoms with van der Waals surface area (Å²) in [6, 6.07) is 16.9. The number of anilines is 2. The Morgan fingerprint density at radius 3 is 2.03 bits per heavy atom. The van der Waals surface area contributed by atoms with Crippen molar-refractivity contribution in [3.63, 3.8) is 0 Å². The second-order valence-electron chi connectivity index (χ2n) is 15.8. The standard InChI is InChI=1S/C46H67ClN6O6S2/c1-6-8-9-10-11-12-13-14-15-16-17-18-19-20-21-24-32-53-45(50-40-25-22-23-26-43(40)61(53,57)58)44(46(54)51-41-35-37(47)27-30-42(41)59-4)49-39-29-28-38(34-36(39)3)52(7-2)33-31-48-60(5,55)56/h22-23,25-30,34-35,48H,6-21,24,31-33H2,1-5H3,(H,51,54). The molecule has 3 aromatic carbocycles. The Hall–Kier alpha value is -3.98. The van der Waals surface area contributed by atoms with Gasteiger partial charge in [-0.05, 0) is 74.4 Å². The van der Waals surface area contributed by atoms with E-state index in [0.717, 1.165) is 37.6 Å². The highest BCUT2D eigenvalue weighted by Crippen LogP contribution is 2.35. The van der Waals surface area contributed by atoms with Crippen LogP contribution >= 0.6 is 11.6 Å². The van der Waals surface area contributed by atoms with Gasteiger partial charge in [-0.25, -0.2) is 35.8 Å². The lowest BCUT2D eigenvalue weighted by atomic mass is 10.0. The molecule has 0 saturated heterocycles. The van der Waals surface area contributed by atoms with Crippen LogP contribution in [0.4, 0.5) is 22.7 Å². The van der Waals surface area contributed by atoms with Gasteiger partial charge in [0.2, 0.25) is 10.0 Å². The summed E-state index contributed by atoms with van der Waals surface area (Å²) in [5, 5.41) is 3.23. The molecular formula is C46H67ClN6O6S2. The van der Waals surface area contributed by atoms with E-state index in [-0.39, 0.29) is 40.9 Å². The van der Waals surface area contributed by atoms with Crippen molar-refractivity contribution in [2.45, 2.75) is 128 Å². The minimum absolute atomic E-state index is 0.0667. The number of aryl methyl sites for hydroxylation is 1. The Bertz CT molecular complexity index is 2160. The molecule has 336 valence electrons. The van der Waals surface area contributed by atoms with Crippen LogP contribution in [0.5, 0.6) is 5.75 Å². The number of rotatable bonds is 28. The molecule has 4 rings (SSSR count). The molecule has 0 aliphatic carbocycles. The Balaban J connectivity index is 1.55. The lowest BCUT2D eigenvalue weighted by Gasteiger charge is -2.30. The van der Waals surface area contributed by atoms with Crippen LogP contribution in [-0.4, -0.2) is 78.1 Å². The summed E-state index contributed by atoms with van der Waals surface area (Å²) in [4.78, 5) is 26.3. The average Bonchev–Trinajstić information content (AvgIpc) is 3.22. The van der Waals surface area contributed by atoms with E-state index in [1.807, 2.05) is 30.9 Å². The van der Waals surface area contributed by atoms with Gasteiger partial charge in [0.25, 0.3) is 15.9 Å². The number of nitrogens with zero attached hydrogens (tertiary/aromatic N) is 4. The molecule has 61 heavy (non-hydrogen) atoms. The lowest BCUT2D eigenvalue weighted by Crippen LogP contribution is -2.47. The summed E-state index contributed by atoms with van der Waals surface area (Å²) < 4.78 is 61.5. The summed E-state index contributed by atoms with van der Waals surface area (Å²) in [6.45, 7) is 7.48. The van der Waals surface area contributed by atoms with Crippen LogP contribution in [0, 0.1) is 6.92 Å². The number of amidine groups is 1. The molecule has 2 N–H and O–H groups in total. The van der Waals surface area contributed by atoms with Crippen molar-refractivity contribution < 1.29 is 26.4 Å². The predicted octanol–water partition coefficient (Wildman–Crippen LogP) is 10.7. The van der Waals surface area contributed by atoms with Crippen molar-refractivity contribution in [1.29, 1.82) is 0 Å². The van der Waals surface area contributed by atoms with E-state index in [4.69, 9.17) is 26.3 Å². The van der Waals surface area contributed by atoms with Gasteiger partial charge in [-0.15, -0.1) is 0 Å². The van der Waals surface area contributed by atoms with E-state index in [1.165, 1.54) is 88.1 Å². The number of amides is 1. The zero-order valence-electron chi connectivity index (χ0n) is 36.8. The molecule has 1 amide bonds. The smallest absolute Gasteiger partial charge is 0.278 e. The molecule has 0 atom stereocenters. The van der Waals surface area contributed by atoms with Crippen molar-refractivity contribution in [3.05, 3.63) is 71.2 Å². The van der Waals surface area contributed by atoms with Crippen LogP contribution in [0.3, 0.4) is 0 Å². The van der Waals surface area contributed by atoms with Crippen LogP contribution in [0.15, 0.2) is 75.5 Å². The number of nitrogens with one attached hydrogen (secondary N) is 2. The fraction of sp³-hybridized carbons (Fsp3) is 0.543. The molecule has 1 heterocycles. The first-order valence-electron chi connectivity index (χ1n) is 22.0. The predicted molar refractivity (Wildman–Crippen MR) is 253 cm³/mol. The van der Waals surface area contributed by atoms with Gasteiger partial charge < -0.3 is 15.0 Å². The molecule has 15 heteroatoms. The summed E-state index contributed by atoms with van der Waals surface area (Å²) in [5.74, 6) is -0.420. The normalized spacial score (nSPS) is 13.8. The number of benzene rings is 3. The van der Waals surface area contributed by atoms with E-state index < -0.39 is 26.0 Å². The van der Waals surface area contributed by atoms with Gasteiger partial charge in [-0.1, -0.05) is 127 Å². The molecular weight excluding hydrogens is 832 g/mol. The summed E-state index contributed by atoms with van der Waals surface area (Å²) in [5.41, 5.74) is 2.28. The third kappa shape index (κ3) is 15.7. The number of fused-ring (bicyclic) bond motifs is 1. The number of hydrogen-bond acceptors (Lipinski definition) is 9. The van der Waals surface area contributed by atoms with Crippen molar-refractivity contribution in [2.75, 3.05) is 49.8 Å². The number of para-hydroxylation sites is 1. The Morgan fingerprint density at radius 1 is 0.852 bits per heavy atom. The van der Waals surface area contributed by atoms with Gasteiger partial charge >= 0.3 is 0 Å². The molecule has 3 aromatic rings. The van der Waals surface area contributed by atoms with E-state index in [2.05, 4.69) is 17.0 Å². The number of likely N-dealkylation sites (N-methyl/N-ethyl adjacent to an activating group) is 1. The summed E-state index contributed by atoms with van der Waals surface area (Å²) >= 11 is 6.33. The highest BCUT2D eigenvalue weighted by atomic mass is 35.5. The Labute approximate surface area is 370 Å². The zero-order valence-corrected chi connectivity index (χ0v) is 39.2. The lowest BCUT2D eigenvalue weighted by molar-refractivity contribution is -0.110. The van der Waals surface area contributed by atoms with Crippen molar-refractivity contribution in [3.8, 4) is 5.75 Å². The van der Waals surface area contributed by atoms with Crippen LogP contribution in [0.25, 0.3) is 0 Å². The maximum Gasteiger partial charge on any atom is 0.278 e. The fourth-order valence-corrected chi connectivity index (χ4v) is 9.68. The largest absolute Gasteiger partial charge is 0.495 e. The Kier molecular flexibility index (Phi) is 20.5. The first-order valence-corrected chi connectivity index (χ1v) is 25.7. The molecule has 1 aliphatic heterocycles. The molecule has 0 radical (unpaired) electrons. The van der Waals surface area contributed by atoms with Crippen molar-refractivity contribution >= 4 is 71.9 Å². The summed E-state index contributed by atoms with van der Waals surface area (Å²) in [6.07, 6.45) is 20.3.